The topological polar surface area (TPSA) is 83.2 Å². The monoisotopic (exact) mass is 244 g/mol. The molecule has 1 aromatic heterocycles. The number of nitrogens with one attached hydrogen (secondary N) is 2. The maximum Gasteiger partial charge on any atom is 0.128 e. The van der Waals surface area contributed by atoms with Gasteiger partial charge in [-0.25, -0.2) is 4.98 Å². The van der Waals surface area contributed by atoms with Crippen molar-refractivity contribution in [2.24, 2.45) is 0 Å². The van der Waals surface area contributed by atoms with Crippen molar-refractivity contribution in [3.05, 3.63) is 42.5 Å². The highest BCUT2D eigenvalue weighted by Crippen LogP contribution is 2.13. The number of phenols is 1. The lowest BCUT2D eigenvalue weighted by atomic mass is 10.3. The summed E-state index contributed by atoms with van der Waals surface area (Å²) in [5.41, 5.74) is 6.55. The molecule has 0 aliphatic rings. The van der Waals surface area contributed by atoms with Crippen molar-refractivity contribution in [1.29, 1.82) is 0 Å². The van der Waals surface area contributed by atoms with Crippen molar-refractivity contribution in [3.63, 3.8) is 0 Å². The van der Waals surface area contributed by atoms with Gasteiger partial charge in [0.15, 0.2) is 0 Å². The number of nitrogen functional groups attached to an aromatic ring is 1. The molecule has 0 aliphatic carbocycles. The predicted octanol–water partition coefficient (Wildman–Crippen LogP) is 1.89. The Labute approximate surface area is 106 Å². The molecule has 2 aromatic rings. The largest absolute Gasteiger partial charge is 0.508 e. The number of pyridine rings is 1. The number of benzene rings is 1. The van der Waals surface area contributed by atoms with Gasteiger partial charge < -0.3 is 21.5 Å². The van der Waals surface area contributed by atoms with Crippen LogP contribution < -0.4 is 16.4 Å². The number of phenolic OH excluding ortho intramolecular Hbond substituents is 1. The van der Waals surface area contributed by atoms with Crippen LogP contribution >= 0.6 is 0 Å². The van der Waals surface area contributed by atoms with E-state index in [0.717, 1.165) is 24.6 Å². The molecule has 0 radical (unpaired) electrons. The van der Waals surface area contributed by atoms with Gasteiger partial charge in [-0.15, -0.1) is 0 Å². The minimum absolute atomic E-state index is 0.266. The maximum atomic E-state index is 9.14. The van der Waals surface area contributed by atoms with Crippen LogP contribution in [0.4, 0.5) is 17.3 Å². The number of hydrogen-bond donors (Lipinski definition) is 4. The lowest BCUT2D eigenvalue weighted by molar-refractivity contribution is 0.475. The molecule has 0 aliphatic heterocycles. The molecule has 0 spiro atoms. The molecule has 0 saturated carbocycles. The zero-order valence-electron chi connectivity index (χ0n) is 9.93. The third kappa shape index (κ3) is 3.55. The Morgan fingerprint density at radius 1 is 1.00 bits per heavy atom. The van der Waals surface area contributed by atoms with Crippen LogP contribution in [0.25, 0.3) is 0 Å². The SMILES string of the molecule is Nc1cccc(NCCNc2ccc(O)cc2)n1. The first-order chi connectivity index (χ1) is 8.74. The Hall–Kier alpha value is -2.43. The first-order valence-corrected chi connectivity index (χ1v) is 5.73. The molecule has 0 saturated heterocycles. The zero-order valence-corrected chi connectivity index (χ0v) is 9.93. The Morgan fingerprint density at radius 3 is 2.44 bits per heavy atom. The molecule has 94 valence electrons. The number of nitrogens with two attached hydrogens (primary N) is 1. The van der Waals surface area contributed by atoms with Gasteiger partial charge in [0.25, 0.3) is 0 Å². The lowest BCUT2D eigenvalue weighted by Gasteiger charge is -2.08. The summed E-state index contributed by atoms with van der Waals surface area (Å²) in [6, 6.07) is 12.4. The summed E-state index contributed by atoms with van der Waals surface area (Å²) < 4.78 is 0. The molecular weight excluding hydrogens is 228 g/mol. The van der Waals surface area contributed by atoms with Crippen molar-refractivity contribution < 1.29 is 5.11 Å². The number of rotatable bonds is 5. The second kappa shape index (κ2) is 5.77. The Balaban J connectivity index is 1.74. The molecule has 1 heterocycles. The van der Waals surface area contributed by atoms with E-state index >= 15 is 0 Å². The zero-order chi connectivity index (χ0) is 12.8. The fourth-order valence-electron chi connectivity index (χ4n) is 1.53. The fraction of sp³-hybridized carbons (Fsp3) is 0.154. The predicted molar refractivity (Wildman–Crippen MR) is 73.7 cm³/mol. The van der Waals surface area contributed by atoms with E-state index in [4.69, 9.17) is 10.8 Å². The third-order valence-corrected chi connectivity index (χ3v) is 2.40. The van der Waals surface area contributed by atoms with Crippen molar-refractivity contribution in [1.82, 2.24) is 4.98 Å². The summed E-state index contributed by atoms with van der Waals surface area (Å²) in [5.74, 6) is 1.54. The summed E-state index contributed by atoms with van der Waals surface area (Å²) in [6.07, 6.45) is 0. The number of nitrogens with zero attached hydrogens (tertiary/aromatic N) is 1. The van der Waals surface area contributed by atoms with E-state index in [0.29, 0.717) is 5.82 Å². The van der Waals surface area contributed by atoms with Crippen molar-refractivity contribution >= 4 is 17.3 Å². The van der Waals surface area contributed by atoms with Crippen LogP contribution in [0.5, 0.6) is 5.75 Å². The molecule has 0 unspecified atom stereocenters. The molecule has 1 aromatic carbocycles. The second-order valence-corrected chi connectivity index (χ2v) is 3.85. The normalized spacial score (nSPS) is 10.0. The Kier molecular flexibility index (Phi) is 3.86. The summed E-state index contributed by atoms with van der Waals surface area (Å²) in [4.78, 5) is 4.14. The Bertz CT molecular complexity index is 499. The molecule has 0 amide bonds. The summed E-state index contributed by atoms with van der Waals surface area (Å²) in [6.45, 7) is 1.48. The summed E-state index contributed by atoms with van der Waals surface area (Å²) >= 11 is 0. The Morgan fingerprint density at radius 2 is 1.72 bits per heavy atom. The van der Waals surface area contributed by atoms with Gasteiger partial charge in [-0.1, -0.05) is 6.07 Å². The van der Waals surface area contributed by atoms with Crippen LogP contribution in [0.1, 0.15) is 0 Å². The first kappa shape index (κ1) is 12.0. The van der Waals surface area contributed by atoms with Crippen molar-refractivity contribution in [3.8, 4) is 5.75 Å². The van der Waals surface area contributed by atoms with E-state index < -0.39 is 0 Å². The number of aromatic nitrogens is 1. The third-order valence-electron chi connectivity index (χ3n) is 2.40. The number of hydrogen-bond acceptors (Lipinski definition) is 5. The van der Waals surface area contributed by atoms with E-state index in [1.165, 1.54) is 0 Å². The molecule has 18 heavy (non-hydrogen) atoms. The van der Waals surface area contributed by atoms with Gasteiger partial charge in [-0.2, -0.15) is 0 Å². The van der Waals surface area contributed by atoms with Crippen LogP contribution in [-0.2, 0) is 0 Å². The second-order valence-electron chi connectivity index (χ2n) is 3.85. The minimum atomic E-state index is 0.266. The van der Waals surface area contributed by atoms with Gasteiger partial charge in [0.05, 0.1) is 0 Å². The van der Waals surface area contributed by atoms with Crippen molar-refractivity contribution in [2.45, 2.75) is 0 Å². The molecule has 0 atom stereocenters. The molecule has 5 N–H and O–H groups in total. The van der Waals surface area contributed by atoms with Gasteiger partial charge in [0.1, 0.15) is 17.4 Å². The van der Waals surface area contributed by atoms with Crippen molar-refractivity contribution in [2.75, 3.05) is 29.5 Å². The van der Waals surface area contributed by atoms with Gasteiger partial charge in [0, 0.05) is 18.8 Å². The highest BCUT2D eigenvalue weighted by atomic mass is 16.3. The van der Waals surface area contributed by atoms with E-state index in [2.05, 4.69) is 15.6 Å². The number of aromatic hydroxyl groups is 1. The molecule has 5 heteroatoms. The van der Waals surface area contributed by atoms with Gasteiger partial charge in [0.2, 0.25) is 0 Å². The van der Waals surface area contributed by atoms with Gasteiger partial charge in [-0.3, -0.25) is 0 Å². The van der Waals surface area contributed by atoms with E-state index in [1.54, 1.807) is 18.2 Å². The van der Waals surface area contributed by atoms with Gasteiger partial charge >= 0.3 is 0 Å². The highest BCUT2D eigenvalue weighted by Gasteiger charge is 1.94. The molecule has 0 fully saturated rings. The lowest BCUT2D eigenvalue weighted by Crippen LogP contribution is -2.14. The highest BCUT2D eigenvalue weighted by molar-refractivity contribution is 5.46. The van der Waals surface area contributed by atoms with Crippen LogP contribution in [0.3, 0.4) is 0 Å². The first-order valence-electron chi connectivity index (χ1n) is 5.73. The fourth-order valence-corrected chi connectivity index (χ4v) is 1.53. The smallest absolute Gasteiger partial charge is 0.128 e. The van der Waals surface area contributed by atoms with Crippen LogP contribution in [0.2, 0.25) is 0 Å². The molecule has 0 bridgehead atoms. The number of anilines is 3. The average molecular weight is 244 g/mol. The van der Waals surface area contributed by atoms with Crippen LogP contribution in [0, 0.1) is 0 Å². The standard InChI is InChI=1S/C13H16N4O/c14-12-2-1-3-13(17-12)16-9-8-15-10-4-6-11(18)7-5-10/h1-7,15,18H,8-9H2,(H3,14,16,17). The summed E-state index contributed by atoms with van der Waals surface area (Å²) in [5, 5.41) is 15.5. The average Bonchev–Trinajstić information content (AvgIpc) is 2.37. The quantitative estimate of drug-likeness (QED) is 0.477. The van der Waals surface area contributed by atoms with E-state index in [-0.39, 0.29) is 5.75 Å². The maximum absolute atomic E-state index is 9.14. The summed E-state index contributed by atoms with van der Waals surface area (Å²) in [7, 11) is 0. The molecular formula is C13H16N4O. The van der Waals surface area contributed by atoms with Gasteiger partial charge in [-0.05, 0) is 36.4 Å². The minimum Gasteiger partial charge on any atom is -0.508 e. The molecule has 5 nitrogen and oxygen atoms in total. The van der Waals surface area contributed by atoms with E-state index in [9.17, 15) is 0 Å². The molecule has 2 rings (SSSR count). The van der Waals surface area contributed by atoms with Crippen LogP contribution in [0.15, 0.2) is 42.5 Å². The van der Waals surface area contributed by atoms with Crippen LogP contribution in [-0.4, -0.2) is 23.2 Å². The van der Waals surface area contributed by atoms with E-state index in [1.807, 2.05) is 24.3 Å².